The van der Waals surface area contributed by atoms with E-state index in [-0.39, 0.29) is 30.4 Å². The molecule has 2 atom stereocenters. The number of cyclic esters (lactones) is 1. The lowest BCUT2D eigenvalue weighted by atomic mass is 9.92. The monoisotopic (exact) mass is 334 g/mol. The van der Waals surface area contributed by atoms with Gasteiger partial charge >= 0.3 is 5.97 Å². The molecular formula is C20H30O4. The Balaban J connectivity index is 2.47. The molecule has 1 rings (SSSR count). The summed E-state index contributed by atoms with van der Waals surface area (Å²) in [4.78, 5) is 22.6. The first-order valence-electron chi connectivity index (χ1n) is 8.68. The molecular weight excluding hydrogens is 304 g/mol. The lowest BCUT2D eigenvalue weighted by molar-refractivity contribution is -0.137. The second kappa shape index (κ2) is 10.2. The van der Waals surface area contributed by atoms with Gasteiger partial charge in [-0.15, -0.1) is 0 Å². The zero-order valence-corrected chi connectivity index (χ0v) is 15.1. The fourth-order valence-corrected chi connectivity index (χ4v) is 2.89. The molecule has 1 fully saturated rings. The van der Waals surface area contributed by atoms with Gasteiger partial charge in [0, 0.05) is 24.5 Å². The second-order valence-corrected chi connectivity index (χ2v) is 6.67. The van der Waals surface area contributed by atoms with Gasteiger partial charge in [0.15, 0.2) is 0 Å². The molecule has 134 valence electrons. The van der Waals surface area contributed by atoms with Crippen LogP contribution >= 0.6 is 0 Å². The zero-order valence-electron chi connectivity index (χ0n) is 15.1. The molecule has 0 aromatic rings. The molecule has 1 aliphatic heterocycles. The molecule has 4 nitrogen and oxygen atoms in total. The highest BCUT2D eigenvalue weighted by Gasteiger charge is 2.36. The average molecular weight is 334 g/mol. The molecule has 0 unspecified atom stereocenters. The maximum absolute atomic E-state index is 11.6. The van der Waals surface area contributed by atoms with Crippen molar-refractivity contribution in [2.45, 2.75) is 65.4 Å². The molecule has 0 bridgehead atoms. The Morgan fingerprint density at radius 2 is 1.92 bits per heavy atom. The number of Topliss-reactive ketones (excluding diaryl/α,β-unsaturated/α-hetero) is 1. The van der Waals surface area contributed by atoms with E-state index in [4.69, 9.17) is 9.84 Å². The van der Waals surface area contributed by atoms with Crippen molar-refractivity contribution in [1.29, 1.82) is 0 Å². The van der Waals surface area contributed by atoms with E-state index >= 15 is 0 Å². The number of aliphatic hydroxyl groups excluding tert-OH is 1. The molecule has 0 spiro atoms. The molecule has 0 aliphatic carbocycles. The lowest BCUT2D eigenvalue weighted by Crippen LogP contribution is -2.15. The van der Waals surface area contributed by atoms with Gasteiger partial charge in [0.2, 0.25) is 0 Å². The molecule has 4 heteroatoms. The van der Waals surface area contributed by atoms with Crippen LogP contribution in [0.1, 0.15) is 59.3 Å². The molecule has 0 aromatic heterocycles. The number of allylic oxidation sites excluding steroid dienone is 3. The third kappa shape index (κ3) is 6.83. The molecule has 0 amide bonds. The van der Waals surface area contributed by atoms with Crippen molar-refractivity contribution >= 4 is 11.8 Å². The quantitative estimate of drug-likeness (QED) is 0.374. The fraction of sp³-hybridized carbons (Fsp3) is 0.600. The highest BCUT2D eigenvalue weighted by molar-refractivity contribution is 5.91. The topological polar surface area (TPSA) is 63.6 Å². The van der Waals surface area contributed by atoms with Crippen LogP contribution < -0.4 is 0 Å². The van der Waals surface area contributed by atoms with Crippen LogP contribution in [0.4, 0.5) is 0 Å². The predicted octanol–water partition coefficient (Wildman–Crippen LogP) is 3.90. The molecule has 1 N–H and O–H groups in total. The van der Waals surface area contributed by atoms with Gasteiger partial charge in [-0.25, -0.2) is 4.79 Å². The van der Waals surface area contributed by atoms with Crippen LogP contribution in [0.3, 0.4) is 0 Å². The number of rotatable bonds is 10. The molecule has 1 heterocycles. The molecule has 24 heavy (non-hydrogen) atoms. The summed E-state index contributed by atoms with van der Waals surface area (Å²) in [5, 5.41) is 9.13. The highest BCUT2D eigenvalue weighted by atomic mass is 16.5. The minimum Gasteiger partial charge on any atom is -0.454 e. The van der Waals surface area contributed by atoms with E-state index in [0.29, 0.717) is 18.4 Å². The number of hydrogen-bond acceptors (Lipinski definition) is 4. The molecule has 0 radical (unpaired) electrons. The number of aliphatic hydroxyl groups is 1. The van der Waals surface area contributed by atoms with Crippen LogP contribution in [0.2, 0.25) is 0 Å². The van der Waals surface area contributed by atoms with E-state index < -0.39 is 0 Å². The Bertz CT molecular complexity index is 528. The van der Waals surface area contributed by atoms with E-state index in [2.05, 4.69) is 19.6 Å². The Labute approximate surface area is 145 Å². The van der Waals surface area contributed by atoms with E-state index in [1.54, 1.807) is 6.92 Å². The Morgan fingerprint density at radius 1 is 1.21 bits per heavy atom. The summed E-state index contributed by atoms with van der Waals surface area (Å²) >= 11 is 0. The number of ether oxygens (including phenoxy) is 1. The van der Waals surface area contributed by atoms with Gasteiger partial charge in [-0.3, -0.25) is 0 Å². The Hall–Kier alpha value is -1.68. The molecule has 1 saturated heterocycles. The standard InChI is InChI=1S/C20H30O4/c1-14(8-6-10-16(3)22)7-5-9-15(2)13-19-18(11-12-21)17(4)20(23)24-19/h7,13,18-19,21H,4-6,8-12H2,1-3H3/b14-7+,15-13+/t18-,19+/m0/s1. The smallest absolute Gasteiger partial charge is 0.334 e. The SMILES string of the molecule is C=C1C(=O)O[C@H](/C=C(\C)CC/C=C(\C)CCCC(C)=O)[C@H]1CCO. The summed E-state index contributed by atoms with van der Waals surface area (Å²) in [5.41, 5.74) is 2.93. The van der Waals surface area contributed by atoms with Gasteiger partial charge < -0.3 is 14.6 Å². The highest BCUT2D eigenvalue weighted by Crippen LogP contribution is 2.31. The summed E-state index contributed by atoms with van der Waals surface area (Å²) in [6.45, 7) is 9.55. The maximum atomic E-state index is 11.6. The average Bonchev–Trinajstić information content (AvgIpc) is 2.75. The summed E-state index contributed by atoms with van der Waals surface area (Å²) < 4.78 is 5.34. The summed E-state index contributed by atoms with van der Waals surface area (Å²) in [5.74, 6) is -0.239. The third-order valence-electron chi connectivity index (χ3n) is 4.37. The van der Waals surface area contributed by atoms with Crippen molar-refractivity contribution in [3.8, 4) is 0 Å². The van der Waals surface area contributed by atoms with Gasteiger partial charge in [-0.1, -0.05) is 23.8 Å². The van der Waals surface area contributed by atoms with Crippen LogP contribution in [-0.4, -0.2) is 29.6 Å². The first-order valence-corrected chi connectivity index (χ1v) is 8.68. The van der Waals surface area contributed by atoms with Crippen molar-refractivity contribution in [3.05, 3.63) is 35.5 Å². The minimum atomic E-state index is -0.358. The van der Waals surface area contributed by atoms with Crippen molar-refractivity contribution in [2.24, 2.45) is 5.92 Å². The van der Waals surface area contributed by atoms with Crippen LogP contribution in [0.15, 0.2) is 35.5 Å². The van der Waals surface area contributed by atoms with Crippen molar-refractivity contribution in [3.63, 3.8) is 0 Å². The van der Waals surface area contributed by atoms with Crippen LogP contribution in [0, 0.1) is 5.92 Å². The first kappa shape index (κ1) is 20.4. The predicted molar refractivity (Wildman–Crippen MR) is 95.5 cm³/mol. The van der Waals surface area contributed by atoms with E-state index in [1.807, 2.05) is 13.0 Å². The summed E-state index contributed by atoms with van der Waals surface area (Å²) in [7, 11) is 0. The molecule has 0 saturated carbocycles. The molecule has 1 aliphatic rings. The Kier molecular flexibility index (Phi) is 8.69. The van der Waals surface area contributed by atoms with Crippen LogP contribution in [0.25, 0.3) is 0 Å². The summed E-state index contributed by atoms with van der Waals surface area (Å²) in [6.07, 6.45) is 8.73. The number of ketones is 1. The zero-order chi connectivity index (χ0) is 18.1. The Morgan fingerprint density at radius 3 is 2.54 bits per heavy atom. The first-order chi connectivity index (χ1) is 11.3. The normalized spacial score (nSPS) is 22.0. The van der Waals surface area contributed by atoms with Gasteiger partial charge in [0.25, 0.3) is 0 Å². The van der Waals surface area contributed by atoms with Gasteiger partial charge in [0.1, 0.15) is 11.9 Å². The van der Waals surface area contributed by atoms with Gasteiger partial charge in [-0.2, -0.15) is 0 Å². The van der Waals surface area contributed by atoms with Crippen molar-refractivity contribution in [2.75, 3.05) is 6.61 Å². The van der Waals surface area contributed by atoms with Crippen LogP contribution in [-0.2, 0) is 14.3 Å². The van der Waals surface area contributed by atoms with Crippen molar-refractivity contribution in [1.82, 2.24) is 0 Å². The molecule has 0 aromatic carbocycles. The minimum absolute atomic E-state index is 0.0198. The van der Waals surface area contributed by atoms with Gasteiger partial charge in [-0.05, 0) is 59.0 Å². The van der Waals surface area contributed by atoms with E-state index in [0.717, 1.165) is 25.7 Å². The van der Waals surface area contributed by atoms with Crippen LogP contribution in [0.5, 0.6) is 0 Å². The summed E-state index contributed by atoms with van der Waals surface area (Å²) in [6, 6.07) is 0. The number of esters is 1. The number of hydrogen-bond donors (Lipinski definition) is 1. The largest absolute Gasteiger partial charge is 0.454 e. The van der Waals surface area contributed by atoms with Gasteiger partial charge in [0.05, 0.1) is 0 Å². The fourth-order valence-electron chi connectivity index (χ4n) is 2.89. The second-order valence-electron chi connectivity index (χ2n) is 6.67. The maximum Gasteiger partial charge on any atom is 0.334 e. The number of carbonyl (C=O) groups is 2. The third-order valence-corrected chi connectivity index (χ3v) is 4.37. The van der Waals surface area contributed by atoms with E-state index in [1.165, 1.54) is 11.1 Å². The van der Waals surface area contributed by atoms with Crippen molar-refractivity contribution < 1.29 is 19.4 Å². The lowest BCUT2D eigenvalue weighted by Gasteiger charge is -2.14. The number of carbonyl (C=O) groups excluding carboxylic acids is 2. The van der Waals surface area contributed by atoms with E-state index in [9.17, 15) is 9.59 Å².